The summed E-state index contributed by atoms with van der Waals surface area (Å²) < 4.78 is 0. The van der Waals surface area contributed by atoms with Gasteiger partial charge in [0.25, 0.3) is 0 Å². The summed E-state index contributed by atoms with van der Waals surface area (Å²) in [6.45, 7) is 0.574. The molecule has 2 atom stereocenters. The van der Waals surface area contributed by atoms with Crippen molar-refractivity contribution >= 4 is 34.0 Å². The van der Waals surface area contributed by atoms with Gasteiger partial charge >= 0.3 is 0 Å². The van der Waals surface area contributed by atoms with Crippen LogP contribution in [0.3, 0.4) is 0 Å². The Morgan fingerprint density at radius 2 is 1.90 bits per heavy atom. The molecule has 2 nitrogen and oxygen atoms in total. The molecule has 3 heterocycles. The number of rotatable bonds is 7. The lowest BCUT2D eigenvalue weighted by Gasteiger charge is -2.19. The molecule has 0 bridgehead atoms. The van der Waals surface area contributed by atoms with E-state index in [9.17, 15) is 5.11 Å². The summed E-state index contributed by atoms with van der Waals surface area (Å²) in [7, 11) is 0. The zero-order valence-electron chi connectivity index (χ0n) is 11.4. The van der Waals surface area contributed by atoms with Crippen LogP contribution in [0.15, 0.2) is 51.9 Å². The molecule has 0 saturated carbocycles. The highest BCUT2D eigenvalue weighted by Gasteiger charge is 2.16. The number of hydrogen-bond acceptors (Lipinski definition) is 5. The fourth-order valence-corrected chi connectivity index (χ4v) is 4.49. The van der Waals surface area contributed by atoms with E-state index in [1.54, 1.807) is 34.0 Å². The minimum absolute atomic E-state index is 0.261. The highest BCUT2D eigenvalue weighted by molar-refractivity contribution is 7.10. The van der Waals surface area contributed by atoms with Crippen LogP contribution in [0.2, 0.25) is 0 Å². The monoisotopic (exact) mass is 335 g/mol. The fourth-order valence-electron chi connectivity index (χ4n) is 2.23. The van der Waals surface area contributed by atoms with Gasteiger partial charge in [0.1, 0.15) is 0 Å². The van der Waals surface area contributed by atoms with Gasteiger partial charge in [0.2, 0.25) is 0 Å². The van der Waals surface area contributed by atoms with Gasteiger partial charge in [-0.2, -0.15) is 11.3 Å². The molecule has 2 N–H and O–H groups in total. The van der Waals surface area contributed by atoms with Gasteiger partial charge in [0.15, 0.2) is 0 Å². The third-order valence-electron chi connectivity index (χ3n) is 3.36. The molecular weight excluding hydrogens is 318 g/mol. The van der Waals surface area contributed by atoms with E-state index in [4.69, 9.17) is 0 Å². The molecular formula is C16H17NOS3. The van der Waals surface area contributed by atoms with Crippen molar-refractivity contribution in [3.8, 4) is 0 Å². The molecule has 3 aromatic rings. The summed E-state index contributed by atoms with van der Waals surface area (Å²) in [5.41, 5.74) is 0.994. The average Bonchev–Trinajstić information content (AvgIpc) is 3.26. The van der Waals surface area contributed by atoms with Gasteiger partial charge in [-0.1, -0.05) is 12.1 Å². The first kappa shape index (κ1) is 14.9. The Bertz CT molecular complexity index is 617. The van der Waals surface area contributed by atoms with E-state index in [-0.39, 0.29) is 6.04 Å². The van der Waals surface area contributed by atoms with Crippen LogP contribution in [-0.2, 0) is 6.42 Å². The van der Waals surface area contributed by atoms with E-state index in [2.05, 4.69) is 40.3 Å². The molecule has 0 aromatic carbocycles. The molecule has 5 heteroatoms. The van der Waals surface area contributed by atoms with Crippen LogP contribution < -0.4 is 5.32 Å². The summed E-state index contributed by atoms with van der Waals surface area (Å²) in [6.07, 6.45) is 0.524. The molecule has 2 unspecified atom stereocenters. The van der Waals surface area contributed by atoms with Crippen molar-refractivity contribution in [1.29, 1.82) is 0 Å². The maximum atomic E-state index is 10.2. The van der Waals surface area contributed by atoms with Gasteiger partial charge in [-0.3, -0.25) is 0 Å². The predicted molar refractivity (Wildman–Crippen MR) is 92.4 cm³/mol. The van der Waals surface area contributed by atoms with Crippen molar-refractivity contribution in [2.24, 2.45) is 0 Å². The Labute approximate surface area is 136 Å². The second-order valence-electron chi connectivity index (χ2n) is 4.83. The van der Waals surface area contributed by atoms with E-state index < -0.39 is 6.10 Å². The van der Waals surface area contributed by atoms with Crippen LogP contribution >= 0.6 is 34.0 Å². The topological polar surface area (TPSA) is 32.3 Å². The summed E-state index contributed by atoms with van der Waals surface area (Å²) in [5.74, 6) is 0. The Kier molecular flexibility index (Phi) is 5.22. The third kappa shape index (κ3) is 4.02. The van der Waals surface area contributed by atoms with Crippen molar-refractivity contribution in [3.63, 3.8) is 0 Å². The lowest BCUT2D eigenvalue weighted by Crippen LogP contribution is -2.27. The van der Waals surface area contributed by atoms with Gasteiger partial charge < -0.3 is 10.4 Å². The first-order chi connectivity index (χ1) is 10.3. The summed E-state index contributed by atoms with van der Waals surface area (Å²) in [5, 5.41) is 22.0. The molecule has 3 rings (SSSR count). The van der Waals surface area contributed by atoms with Crippen LogP contribution in [0.5, 0.6) is 0 Å². The predicted octanol–water partition coefficient (Wildman–Crippen LogP) is 4.48. The van der Waals surface area contributed by atoms with E-state index in [1.807, 2.05) is 16.8 Å². The van der Waals surface area contributed by atoms with E-state index in [0.717, 1.165) is 12.0 Å². The molecule has 0 aliphatic heterocycles. The highest BCUT2D eigenvalue weighted by Crippen LogP contribution is 2.26. The Hall–Kier alpha value is -0.980. The van der Waals surface area contributed by atoms with E-state index in [0.29, 0.717) is 6.54 Å². The number of nitrogens with one attached hydrogen (secondary N) is 1. The normalized spacial score (nSPS) is 14.1. The maximum absolute atomic E-state index is 10.2. The number of hydrogen-bond donors (Lipinski definition) is 2. The SMILES string of the molecule is OC(CNC(Cc1cccs1)c1cccs1)c1ccsc1. The molecule has 0 spiro atoms. The standard InChI is InChI=1S/C16H17NOS3/c18-15(12-5-8-19-11-12)10-17-14(16-4-2-7-21-16)9-13-3-1-6-20-13/h1-8,11,14-15,17-18H,9-10H2. The number of thiophene rings is 3. The zero-order chi connectivity index (χ0) is 14.5. The van der Waals surface area contributed by atoms with E-state index in [1.165, 1.54) is 9.75 Å². The molecule has 0 radical (unpaired) electrons. The molecule has 0 aliphatic rings. The Balaban J connectivity index is 1.65. The fraction of sp³-hybridized carbons (Fsp3) is 0.250. The Morgan fingerprint density at radius 1 is 1.05 bits per heavy atom. The molecule has 0 amide bonds. The number of aliphatic hydroxyl groups excluding tert-OH is 1. The summed E-state index contributed by atoms with van der Waals surface area (Å²) in [4.78, 5) is 2.69. The minimum atomic E-state index is -0.443. The Morgan fingerprint density at radius 3 is 2.57 bits per heavy atom. The van der Waals surface area contributed by atoms with Gasteiger partial charge in [0.05, 0.1) is 6.10 Å². The van der Waals surface area contributed by atoms with Crippen LogP contribution in [0.25, 0.3) is 0 Å². The quantitative estimate of drug-likeness (QED) is 0.667. The second kappa shape index (κ2) is 7.33. The zero-order valence-corrected chi connectivity index (χ0v) is 13.9. The lowest BCUT2D eigenvalue weighted by atomic mass is 10.1. The van der Waals surface area contributed by atoms with Crippen molar-refractivity contribution in [2.45, 2.75) is 18.6 Å². The first-order valence-electron chi connectivity index (χ1n) is 6.82. The number of aliphatic hydroxyl groups is 1. The van der Waals surface area contributed by atoms with Crippen molar-refractivity contribution < 1.29 is 5.11 Å². The van der Waals surface area contributed by atoms with Gasteiger partial charge in [0, 0.05) is 28.8 Å². The summed E-state index contributed by atoms with van der Waals surface area (Å²) in [6, 6.07) is 10.7. The lowest BCUT2D eigenvalue weighted by molar-refractivity contribution is 0.170. The molecule has 110 valence electrons. The molecule has 21 heavy (non-hydrogen) atoms. The first-order valence-corrected chi connectivity index (χ1v) is 9.52. The van der Waals surface area contributed by atoms with Crippen LogP contribution in [0, 0.1) is 0 Å². The van der Waals surface area contributed by atoms with Crippen LogP contribution in [0.1, 0.15) is 27.5 Å². The highest BCUT2D eigenvalue weighted by atomic mass is 32.1. The molecule has 0 aliphatic carbocycles. The molecule has 3 aromatic heterocycles. The molecule has 0 saturated heterocycles. The van der Waals surface area contributed by atoms with E-state index >= 15 is 0 Å². The second-order valence-corrected chi connectivity index (χ2v) is 7.62. The largest absolute Gasteiger partial charge is 0.387 e. The van der Waals surface area contributed by atoms with Crippen LogP contribution in [0.4, 0.5) is 0 Å². The van der Waals surface area contributed by atoms with Gasteiger partial charge in [-0.25, -0.2) is 0 Å². The average molecular weight is 336 g/mol. The van der Waals surface area contributed by atoms with Crippen molar-refractivity contribution in [2.75, 3.05) is 6.54 Å². The van der Waals surface area contributed by atoms with Crippen molar-refractivity contribution in [1.82, 2.24) is 5.32 Å². The smallest absolute Gasteiger partial charge is 0.0922 e. The van der Waals surface area contributed by atoms with Crippen LogP contribution in [-0.4, -0.2) is 11.7 Å². The minimum Gasteiger partial charge on any atom is -0.387 e. The van der Waals surface area contributed by atoms with Crippen molar-refractivity contribution in [3.05, 3.63) is 67.2 Å². The van der Waals surface area contributed by atoms with Gasteiger partial charge in [-0.05, 0) is 45.3 Å². The van der Waals surface area contributed by atoms with Gasteiger partial charge in [-0.15, -0.1) is 22.7 Å². The summed E-state index contributed by atoms with van der Waals surface area (Å²) >= 11 is 5.17. The third-order valence-corrected chi connectivity index (χ3v) is 5.94. The maximum Gasteiger partial charge on any atom is 0.0922 e. The molecule has 0 fully saturated rings.